The fourth-order valence-electron chi connectivity index (χ4n) is 4.76. The van der Waals surface area contributed by atoms with Gasteiger partial charge in [0.1, 0.15) is 34.5 Å². The highest BCUT2D eigenvalue weighted by atomic mass is 31.3. The first kappa shape index (κ1) is 34.3. The molecule has 9 nitrogen and oxygen atoms in total. The molecule has 1 aliphatic heterocycles. The van der Waals surface area contributed by atoms with Crippen molar-refractivity contribution in [3.63, 3.8) is 0 Å². The highest BCUT2D eigenvalue weighted by molar-refractivity contribution is 7.78. The number of rotatable bonds is 14. The predicted molar refractivity (Wildman–Crippen MR) is 203 cm³/mol. The Balaban J connectivity index is 1.49. The third-order valence-corrected chi connectivity index (χ3v) is 13.9. The quantitative estimate of drug-likeness (QED) is 0.0809. The summed E-state index contributed by atoms with van der Waals surface area (Å²) >= 11 is 0. The lowest BCUT2D eigenvalue weighted by Crippen LogP contribution is -2.37. The largest absolute Gasteiger partial charge is 0.447 e. The summed E-state index contributed by atoms with van der Waals surface area (Å²) in [7, 11) is -8.02. The first-order valence-corrected chi connectivity index (χ1v) is 19.9. The average molecular weight is 734 g/mol. The minimum atomic E-state index is -3.80. The molecule has 0 saturated carbocycles. The number of hydrogen-bond donors (Lipinski definition) is 0. The molecule has 6 aromatic carbocycles. The van der Waals surface area contributed by atoms with E-state index in [1.54, 1.807) is 9.21 Å². The van der Waals surface area contributed by atoms with Crippen molar-refractivity contribution in [2.24, 2.45) is 4.52 Å². The third kappa shape index (κ3) is 8.61. The van der Waals surface area contributed by atoms with Gasteiger partial charge in [0.2, 0.25) is 0 Å². The Labute approximate surface area is 300 Å². The Bertz CT molecular complexity index is 2050. The van der Waals surface area contributed by atoms with Crippen LogP contribution in [0.4, 0.5) is 0 Å². The highest BCUT2D eigenvalue weighted by Gasteiger charge is 2.58. The maximum absolute atomic E-state index is 7.12. The van der Waals surface area contributed by atoms with Gasteiger partial charge in [0.15, 0.2) is 0 Å². The van der Waals surface area contributed by atoms with Crippen LogP contribution in [0.1, 0.15) is 5.56 Å². The lowest BCUT2D eigenvalue weighted by Gasteiger charge is -2.43. The first-order chi connectivity index (χ1) is 25.2. The minimum absolute atomic E-state index is 0.510. The van der Waals surface area contributed by atoms with Crippen LogP contribution in [0.25, 0.3) is 0 Å². The van der Waals surface area contributed by atoms with Crippen molar-refractivity contribution in [2.45, 2.75) is 6.42 Å². The Kier molecular flexibility index (Phi) is 11.3. The van der Waals surface area contributed by atoms with Gasteiger partial charge in [-0.2, -0.15) is 0 Å². The predicted octanol–water partition coefficient (Wildman–Crippen LogP) is 12.0. The molecule has 3 unspecified atom stereocenters. The maximum Gasteiger partial charge on any atom is 0.447 e. The van der Waals surface area contributed by atoms with Gasteiger partial charge in [0.25, 0.3) is 0 Å². The average Bonchev–Trinajstić information content (AvgIpc) is 3.17. The van der Waals surface area contributed by atoms with E-state index in [-0.39, 0.29) is 0 Å². The minimum Gasteiger partial charge on any atom is -0.440 e. The van der Waals surface area contributed by atoms with E-state index in [0.717, 1.165) is 5.56 Å². The maximum atomic E-state index is 7.12. The van der Waals surface area contributed by atoms with Crippen molar-refractivity contribution < 1.29 is 27.8 Å². The van der Waals surface area contributed by atoms with E-state index in [9.17, 15) is 0 Å². The van der Waals surface area contributed by atoms with Crippen LogP contribution in [0, 0.1) is 0 Å². The zero-order chi connectivity index (χ0) is 34.7. The lowest BCUT2D eigenvalue weighted by molar-refractivity contribution is 0.0545. The van der Waals surface area contributed by atoms with Crippen molar-refractivity contribution in [1.29, 1.82) is 0 Å². The summed E-state index contributed by atoms with van der Waals surface area (Å²) in [4.78, 5) is 13.5. The van der Waals surface area contributed by atoms with Crippen LogP contribution in [0.3, 0.4) is 0 Å². The fraction of sp³-hybridized carbons (Fsp3) is 0.0256. The van der Waals surface area contributed by atoms with Crippen molar-refractivity contribution in [3.8, 4) is 34.5 Å². The van der Waals surface area contributed by atoms with Gasteiger partial charge in [-0.1, -0.05) is 115 Å². The zero-order valence-corrected chi connectivity index (χ0v) is 30.1. The molecule has 0 fully saturated rings. The fourth-order valence-corrected chi connectivity index (χ4v) is 12.3. The molecule has 1 heterocycles. The van der Waals surface area contributed by atoms with Gasteiger partial charge in [-0.15, -0.1) is 11.1 Å². The molecule has 0 aromatic heterocycles. The van der Waals surface area contributed by atoms with Crippen LogP contribution in [-0.2, 0) is 6.42 Å². The number of allylic oxidation sites excluding steroid dienone is 1. The normalized spacial score (nSPS) is 18.8. The molecule has 51 heavy (non-hydrogen) atoms. The van der Waals surface area contributed by atoms with Gasteiger partial charge in [-0.3, -0.25) is 0 Å². The van der Waals surface area contributed by atoms with E-state index >= 15 is 0 Å². The first-order valence-electron chi connectivity index (χ1n) is 16.1. The van der Waals surface area contributed by atoms with Crippen molar-refractivity contribution in [3.05, 3.63) is 194 Å². The second-order valence-electron chi connectivity index (χ2n) is 10.8. The van der Waals surface area contributed by atoms with Gasteiger partial charge in [0.05, 0.1) is 0 Å². The summed E-state index contributed by atoms with van der Waals surface area (Å²) in [5, 5.41) is 0. The molecule has 0 radical (unpaired) electrons. The summed E-state index contributed by atoms with van der Waals surface area (Å²) in [5.41, 5.74) is 0.892. The molecule has 0 aliphatic carbocycles. The molecule has 12 heteroatoms. The number of nitrogens with zero attached hydrogens (tertiary/aromatic N) is 3. The van der Waals surface area contributed by atoms with E-state index in [4.69, 9.17) is 32.3 Å². The van der Waals surface area contributed by atoms with E-state index in [1.165, 1.54) is 0 Å². The molecule has 0 saturated heterocycles. The number of hydrogen-bond acceptors (Lipinski definition) is 9. The topological polar surface area (TPSA) is 74.2 Å². The lowest BCUT2D eigenvalue weighted by atomic mass is 10.1. The van der Waals surface area contributed by atoms with E-state index in [0.29, 0.717) is 40.9 Å². The van der Waals surface area contributed by atoms with Crippen LogP contribution in [0.15, 0.2) is 193 Å². The Morgan fingerprint density at radius 3 is 1.57 bits per heavy atom. The smallest absolute Gasteiger partial charge is 0.440 e. The van der Waals surface area contributed by atoms with Gasteiger partial charge in [-0.25, -0.2) is 0 Å². The van der Waals surface area contributed by atoms with Crippen molar-refractivity contribution in [2.75, 3.05) is 0 Å². The summed E-state index contributed by atoms with van der Waals surface area (Å²) in [5.74, 6) is 3.26. The monoisotopic (exact) mass is 733 g/mol. The van der Waals surface area contributed by atoms with Crippen LogP contribution in [0.2, 0.25) is 0 Å². The summed E-state index contributed by atoms with van der Waals surface area (Å²) < 4.78 is 36.3. The zero-order valence-electron chi connectivity index (χ0n) is 27.4. The molecule has 7 rings (SSSR count). The summed E-state index contributed by atoms with van der Waals surface area (Å²) in [6.07, 6.45) is 2.38. The molecule has 6 aromatic rings. The molecule has 256 valence electrons. The van der Waals surface area contributed by atoms with Crippen molar-refractivity contribution >= 4 is 24.6 Å². The van der Waals surface area contributed by atoms with Gasteiger partial charge in [0, 0.05) is 9.21 Å². The standard InChI is InChI=1S/C39H34N3O6P3/c1-2-20-33-21-18-19-32-39(33)48-51(47-38-30-16-7-17-31-38)40-49(45-36-26-12-5-13-27-36)41(43-34-22-8-3-9-23-34)50(46-37-28-14-6-15-29-37)42(51)44-35-24-10-4-11-25-35/h2-19,21-32H,1,20H2. The molecule has 0 spiro atoms. The van der Waals surface area contributed by atoms with Crippen LogP contribution in [-0.4, -0.2) is 9.21 Å². The van der Waals surface area contributed by atoms with Gasteiger partial charge < -0.3 is 27.8 Å². The van der Waals surface area contributed by atoms with Crippen LogP contribution < -0.4 is 27.8 Å². The molecule has 3 atom stereocenters. The van der Waals surface area contributed by atoms with Gasteiger partial charge >= 0.3 is 24.6 Å². The Hall–Kier alpha value is -5.13. The molecular formula is C39H34N3O6P3. The van der Waals surface area contributed by atoms with Crippen LogP contribution in [0.5, 0.6) is 34.5 Å². The van der Waals surface area contributed by atoms with E-state index in [2.05, 4.69) is 6.58 Å². The van der Waals surface area contributed by atoms with Crippen LogP contribution >= 0.6 is 24.6 Å². The van der Waals surface area contributed by atoms with Crippen molar-refractivity contribution in [1.82, 2.24) is 9.21 Å². The summed E-state index contributed by atoms with van der Waals surface area (Å²) in [6, 6.07) is 54.9. The highest BCUT2D eigenvalue weighted by Crippen LogP contribution is 2.77. The number of benzene rings is 6. The Morgan fingerprint density at radius 2 is 1.00 bits per heavy atom. The molecule has 1 aliphatic rings. The SMILES string of the molecule is C=CCc1ccccc1OP1(Oc2ccccc2)=NP(Oc2ccccc2)N(Oc2ccccc2)P(Oc2ccccc2)N1Oc1ccccc1. The molecule has 0 N–H and O–H groups in total. The molecule has 0 bridgehead atoms. The number of para-hydroxylation sites is 6. The van der Waals surface area contributed by atoms with Gasteiger partial charge in [-0.05, 0) is 78.7 Å². The van der Waals surface area contributed by atoms with E-state index in [1.807, 2.05) is 182 Å². The molecule has 0 amide bonds. The summed E-state index contributed by atoms with van der Waals surface area (Å²) in [6.45, 7) is 3.97. The Morgan fingerprint density at radius 1 is 0.529 bits per heavy atom. The second-order valence-corrected chi connectivity index (χ2v) is 16.3. The molecular weight excluding hydrogens is 699 g/mol. The second kappa shape index (κ2) is 16.7. The third-order valence-electron chi connectivity index (χ3n) is 7.09. The van der Waals surface area contributed by atoms with E-state index < -0.39 is 24.6 Å².